The number of amides is 1. The summed E-state index contributed by atoms with van der Waals surface area (Å²) >= 11 is 1.54. The summed E-state index contributed by atoms with van der Waals surface area (Å²) in [7, 11) is -3.74. The Morgan fingerprint density at radius 3 is 2.29 bits per heavy atom. The number of thioether (sulfide) groups is 1. The first kappa shape index (κ1) is 24.4. The molecular weight excluding hydrogens is 464 g/mol. The molecule has 0 aromatic heterocycles. The van der Waals surface area contributed by atoms with Crippen LogP contribution < -0.4 is 9.62 Å². The van der Waals surface area contributed by atoms with Gasteiger partial charge in [-0.25, -0.2) is 8.42 Å². The van der Waals surface area contributed by atoms with Crippen LogP contribution in [-0.2, 0) is 20.2 Å². The molecule has 0 saturated carbocycles. The molecule has 3 aromatic rings. The Morgan fingerprint density at radius 2 is 1.65 bits per heavy atom. The lowest BCUT2D eigenvalue weighted by Crippen LogP contribution is -2.28. The van der Waals surface area contributed by atoms with Crippen molar-refractivity contribution in [2.45, 2.75) is 50.3 Å². The lowest BCUT2D eigenvalue weighted by Gasteiger charge is -2.25. The van der Waals surface area contributed by atoms with Crippen molar-refractivity contribution in [1.29, 1.82) is 0 Å². The average Bonchev–Trinajstić information content (AvgIpc) is 3.16. The van der Waals surface area contributed by atoms with Gasteiger partial charge >= 0.3 is 0 Å². The van der Waals surface area contributed by atoms with Gasteiger partial charge in [0.05, 0.1) is 10.6 Å². The summed E-state index contributed by atoms with van der Waals surface area (Å²) < 4.78 is 28.7. The lowest BCUT2D eigenvalue weighted by atomic mass is 9.87. The number of sulfonamides is 1. The van der Waals surface area contributed by atoms with Crippen LogP contribution in [0, 0.1) is 13.8 Å². The van der Waals surface area contributed by atoms with Crippen LogP contribution in [0.4, 0.5) is 11.4 Å². The zero-order chi connectivity index (χ0) is 24.7. The Kier molecular flexibility index (Phi) is 6.53. The van der Waals surface area contributed by atoms with E-state index in [1.54, 1.807) is 34.9 Å². The van der Waals surface area contributed by atoms with E-state index < -0.39 is 10.0 Å². The lowest BCUT2D eigenvalue weighted by molar-refractivity contribution is -0.115. The SMILES string of the molecule is Cc1ccc(N2C(=O)CSC2c2cccc(NS(=O)(=O)c3ccc(C(C)(C)C)cc3)c2)cc1C. The standard InChI is InChI=1S/C27H30N2O3S2/c1-18-9-12-23(15-19(18)2)29-25(30)17-33-26(29)20-7-6-8-22(16-20)28-34(31,32)24-13-10-21(11-14-24)27(3,4)5/h6-16,26,28H,17H2,1-5H3. The van der Waals surface area contributed by atoms with Gasteiger partial charge in [0.2, 0.25) is 5.91 Å². The van der Waals surface area contributed by atoms with Crippen molar-refractivity contribution in [3.05, 3.63) is 89.0 Å². The number of hydrogen-bond donors (Lipinski definition) is 1. The highest BCUT2D eigenvalue weighted by atomic mass is 32.2. The van der Waals surface area contributed by atoms with Crippen LogP contribution in [0.15, 0.2) is 71.6 Å². The van der Waals surface area contributed by atoms with Crippen LogP contribution in [0.2, 0.25) is 0 Å². The van der Waals surface area contributed by atoms with E-state index in [9.17, 15) is 13.2 Å². The fourth-order valence-electron chi connectivity index (χ4n) is 3.93. The van der Waals surface area contributed by atoms with Gasteiger partial charge in [-0.3, -0.25) is 14.4 Å². The van der Waals surface area contributed by atoms with Crippen molar-refractivity contribution in [2.75, 3.05) is 15.4 Å². The van der Waals surface area contributed by atoms with Crippen molar-refractivity contribution in [2.24, 2.45) is 0 Å². The van der Waals surface area contributed by atoms with E-state index in [1.165, 1.54) is 5.56 Å². The highest BCUT2D eigenvalue weighted by molar-refractivity contribution is 8.00. The zero-order valence-electron chi connectivity index (χ0n) is 20.1. The van der Waals surface area contributed by atoms with Crippen LogP contribution in [0.5, 0.6) is 0 Å². The predicted octanol–water partition coefficient (Wildman–Crippen LogP) is 6.18. The van der Waals surface area contributed by atoms with Gasteiger partial charge in [-0.15, -0.1) is 11.8 Å². The molecule has 1 saturated heterocycles. The van der Waals surface area contributed by atoms with Crippen LogP contribution in [0.3, 0.4) is 0 Å². The largest absolute Gasteiger partial charge is 0.295 e. The maximum Gasteiger partial charge on any atom is 0.261 e. The Morgan fingerprint density at radius 1 is 0.941 bits per heavy atom. The molecule has 0 spiro atoms. The molecule has 1 aliphatic heterocycles. The molecule has 4 rings (SSSR count). The summed E-state index contributed by atoms with van der Waals surface area (Å²) in [5, 5.41) is -0.217. The summed E-state index contributed by atoms with van der Waals surface area (Å²) in [5.74, 6) is 0.427. The van der Waals surface area contributed by atoms with Crippen LogP contribution in [0.25, 0.3) is 0 Å². The van der Waals surface area contributed by atoms with E-state index in [1.807, 2.05) is 62.4 Å². The Hall–Kier alpha value is -2.77. The van der Waals surface area contributed by atoms with Gasteiger partial charge < -0.3 is 0 Å². The Labute approximate surface area is 206 Å². The van der Waals surface area contributed by atoms with Crippen molar-refractivity contribution < 1.29 is 13.2 Å². The van der Waals surface area contributed by atoms with Gasteiger partial charge in [-0.05, 0) is 77.9 Å². The van der Waals surface area contributed by atoms with Crippen molar-refractivity contribution in [3.8, 4) is 0 Å². The summed E-state index contributed by atoms with van der Waals surface area (Å²) in [4.78, 5) is 14.8. The van der Waals surface area contributed by atoms with Crippen LogP contribution in [0.1, 0.15) is 48.4 Å². The van der Waals surface area contributed by atoms with Crippen LogP contribution >= 0.6 is 11.8 Å². The topological polar surface area (TPSA) is 66.5 Å². The van der Waals surface area contributed by atoms with E-state index in [0.29, 0.717) is 11.4 Å². The van der Waals surface area contributed by atoms with Gasteiger partial charge in [0.1, 0.15) is 5.37 Å². The average molecular weight is 495 g/mol. The molecule has 1 amide bonds. The molecule has 1 heterocycles. The van der Waals surface area contributed by atoms with E-state index in [2.05, 4.69) is 25.5 Å². The Bertz CT molecular complexity index is 1330. The maximum atomic E-state index is 13.0. The van der Waals surface area contributed by atoms with Crippen molar-refractivity contribution in [3.63, 3.8) is 0 Å². The van der Waals surface area contributed by atoms with E-state index >= 15 is 0 Å². The number of hydrogen-bond acceptors (Lipinski definition) is 4. The predicted molar refractivity (Wildman–Crippen MR) is 141 cm³/mol. The minimum absolute atomic E-state index is 0.0446. The molecule has 178 valence electrons. The highest BCUT2D eigenvalue weighted by Crippen LogP contribution is 2.42. The van der Waals surface area contributed by atoms with Gasteiger partial charge in [0.15, 0.2) is 0 Å². The fourth-order valence-corrected chi connectivity index (χ4v) is 6.15. The number of nitrogens with zero attached hydrogens (tertiary/aromatic N) is 1. The summed E-state index contributed by atoms with van der Waals surface area (Å²) in [6.07, 6.45) is 0. The molecule has 0 radical (unpaired) electrons. The molecule has 1 unspecified atom stereocenters. The quantitative estimate of drug-likeness (QED) is 0.460. The normalized spacial score (nSPS) is 16.7. The number of aryl methyl sites for hydroxylation is 2. The summed E-state index contributed by atoms with van der Waals surface area (Å²) in [6.45, 7) is 10.3. The number of carbonyl (C=O) groups excluding carboxylic acids is 1. The molecule has 1 aliphatic rings. The summed E-state index contributed by atoms with van der Waals surface area (Å²) in [6, 6.07) is 20.3. The second kappa shape index (κ2) is 9.12. The smallest absolute Gasteiger partial charge is 0.261 e. The van der Waals surface area contributed by atoms with Gasteiger partial charge in [-0.2, -0.15) is 0 Å². The number of rotatable bonds is 5. The third-order valence-electron chi connectivity index (χ3n) is 6.09. The van der Waals surface area contributed by atoms with Gasteiger partial charge in [0.25, 0.3) is 10.0 Å². The molecule has 5 nitrogen and oxygen atoms in total. The van der Waals surface area contributed by atoms with E-state index in [4.69, 9.17) is 0 Å². The molecule has 1 fully saturated rings. The highest BCUT2D eigenvalue weighted by Gasteiger charge is 2.34. The van der Waals surface area contributed by atoms with Gasteiger partial charge in [-0.1, -0.05) is 51.1 Å². The first-order valence-corrected chi connectivity index (χ1v) is 13.7. The zero-order valence-corrected chi connectivity index (χ0v) is 21.8. The molecule has 34 heavy (non-hydrogen) atoms. The van der Waals surface area contributed by atoms with Crippen molar-refractivity contribution >= 4 is 39.1 Å². The molecule has 1 N–H and O–H groups in total. The molecule has 3 aromatic carbocycles. The first-order valence-electron chi connectivity index (χ1n) is 11.2. The molecule has 7 heteroatoms. The number of anilines is 2. The summed E-state index contributed by atoms with van der Waals surface area (Å²) in [5.41, 5.74) is 5.51. The number of nitrogens with one attached hydrogen (secondary N) is 1. The number of benzene rings is 3. The molecule has 0 aliphatic carbocycles. The fraction of sp³-hybridized carbons (Fsp3) is 0.296. The molecular formula is C27H30N2O3S2. The second-order valence-corrected chi connectivity index (χ2v) is 12.5. The minimum atomic E-state index is -3.74. The maximum absolute atomic E-state index is 13.0. The number of carbonyl (C=O) groups is 1. The van der Waals surface area contributed by atoms with E-state index in [-0.39, 0.29) is 21.6 Å². The minimum Gasteiger partial charge on any atom is -0.295 e. The molecule has 0 bridgehead atoms. The monoisotopic (exact) mass is 494 g/mol. The Balaban J connectivity index is 1.60. The van der Waals surface area contributed by atoms with Gasteiger partial charge in [0, 0.05) is 11.4 Å². The van der Waals surface area contributed by atoms with Crippen LogP contribution in [-0.4, -0.2) is 20.1 Å². The van der Waals surface area contributed by atoms with Crippen molar-refractivity contribution in [1.82, 2.24) is 0 Å². The first-order chi connectivity index (χ1) is 16.0. The van der Waals surface area contributed by atoms with E-state index in [0.717, 1.165) is 22.4 Å². The second-order valence-electron chi connectivity index (χ2n) is 9.70. The third-order valence-corrected chi connectivity index (χ3v) is 8.70. The third kappa shape index (κ3) is 5.00. The molecule has 1 atom stereocenters.